The topological polar surface area (TPSA) is 84.7 Å². The van der Waals surface area contributed by atoms with Gasteiger partial charge in [0.25, 0.3) is 0 Å². The van der Waals surface area contributed by atoms with Gasteiger partial charge in [-0.2, -0.15) is 0 Å². The second-order valence-electron chi connectivity index (χ2n) is 4.95. The van der Waals surface area contributed by atoms with Crippen LogP contribution in [0.25, 0.3) is 0 Å². The molecular formula is C11H23N3O3S. The lowest BCUT2D eigenvalue weighted by Gasteiger charge is -2.19. The number of thiol groups is 1. The van der Waals surface area contributed by atoms with Gasteiger partial charge in [-0.1, -0.05) is 12.8 Å². The van der Waals surface area contributed by atoms with Gasteiger partial charge in [-0.25, -0.2) is 9.59 Å². The number of amides is 3. The molecule has 3 amide bonds. The predicted octanol–water partition coefficient (Wildman–Crippen LogP) is 1.91. The van der Waals surface area contributed by atoms with Gasteiger partial charge in [-0.05, 0) is 40.0 Å². The van der Waals surface area contributed by atoms with E-state index < -0.39 is 17.7 Å². The lowest BCUT2D eigenvalue weighted by Crippen LogP contribution is -2.33. The predicted molar refractivity (Wildman–Crippen MR) is 73.4 cm³/mol. The number of primary amides is 1. The molecule has 0 aromatic rings. The molecule has 0 rings (SSSR count). The molecule has 7 heteroatoms. The Bertz CT molecular complexity index is 279. The number of nitrogens with one attached hydrogen (secondary N) is 1. The van der Waals surface area contributed by atoms with Crippen molar-refractivity contribution in [3.8, 4) is 0 Å². The fourth-order valence-corrected chi connectivity index (χ4v) is 1.32. The van der Waals surface area contributed by atoms with E-state index in [-0.39, 0.29) is 0 Å². The molecule has 0 spiro atoms. The second kappa shape index (κ2) is 8.07. The molecule has 106 valence electrons. The van der Waals surface area contributed by atoms with Crippen LogP contribution in [0.5, 0.6) is 0 Å². The second-order valence-corrected chi connectivity index (χ2v) is 5.43. The first-order valence-corrected chi connectivity index (χ1v) is 6.35. The zero-order chi connectivity index (χ0) is 14.2. The van der Waals surface area contributed by atoms with E-state index in [0.717, 1.165) is 19.3 Å². The lowest BCUT2D eigenvalue weighted by atomic mass is 10.2. The summed E-state index contributed by atoms with van der Waals surface area (Å²) in [5.41, 5.74) is 4.54. The third-order valence-electron chi connectivity index (χ3n) is 1.97. The molecule has 0 heterocycles. The molecule has 0 saturated carbocycles. The Morgan fingerprint density at radius 1 is 1.28 bits per heavy atom. The molecule has 3 N–H and O–H groups in total. The van der Waals surface area contributed by atoms with Gasteiger partial charge in [-0.3, -0.25) is 4.31 Å². The van der Waals surface area contributed by atoms with Crippen LogP contribution in [-0.2, 0) is 4.74 Å². The van der Waals surface area contributed by atoms with Gasteiger partial charge in [0.15, 0.2) is 0 Å². The molecule has 0 aliphatic rings. The Balaban J connectivity index is 3.46. The summed E-state index contributed by atoms with van der Waals surface area (Å²) in [5, 5.41) is 2.66. The Kier molecular flexibility index (Phi) is 7.58. The van der Waals surface area contributed by atoms with Crippen molar-refractivity contribution in [3.05, 3.63) is 0 Å². The monoisotopic (exact) mass is 277 g/mol. The first kappa shape index (κ1) is 16.9. The summed E-state index contributed by atoms with van der Waals surface area (Å²) in [5.74, 6) is 0. The molecule has 6 nitrogen and oxygen atoms in total. The summed E-state index contributed by atoms with van der Waals surface area (Å²) in [6, 6.07) is -0.551. The molecule has 0 radical (unpaired) electrons. The minimum absolute atomic E-state index is 0.407. The third-order valence-corrected chi connectivity index (χ3v) is 2.37. The largest absolute Gasteiger partial charge is 0.444 e. The standard InChI is InChI=1S/C11H23N3O3S/c1-11(2,3)17-10(16)13-7-5-4-6-8-14(18)9(12)15/h18H,4-8H2,1-3H3,(H2,12,15)(H,13,16). The fourth-order valence-electron chi connectivity index (χ4n) is 1.18. The fraction of sp³-hybridized carbons (Fsp3) is 0.818. The summed E-state index contributed by atoms with van der Waals surface area (Å²) in [7, 11) is 0. The maximum absolute atomic E-state index is 11.3. The smallest absolute Gasteiger partial charge is 0.407 e. The van der Waals surface area contributed by atoms with Crippen molar-refractivity contribution in [3.63, 3.8) is 0 Å². The number of unbranched alkanes of at least 4 members (excludes halogenated alkanes) is 2. The summed E-state index contributed by atoms with van der Waals surface area (Å²) in [6.07, 6.45) is 2.08. The molecule has 0 aromatic carbocycles. The number of carbonyl (C=O) groups excluding carboxylic acids is 2. The highest BCUT2D eigenvalue weighted by atomic mass is 32.1. The highest BCUT2D eigenvalue weighted by molar-refractivity contribution is 7.78. The van der Waals surface area contributed by atoms with Crippen LogP contribution in [0.1, 0.15) is 40.0 Å². The van der Waals surface area contributed by atoms with E-state index in [4.69, 9.17) is 10.5 Å². The first-order chi connectivity index (χ1) is 8.22. The Morgan fingerprint density at radius 3 is 2.39 bits per heavy atom. The van der Waals surface area contributed by atoms with Crippen molar-refractivity contribution in [2.24, 2.45) is 5.73 Å². The number of nitrogens with two attached hydrogens (primary N) is 1. The summed E-state index contributed by atoms with van der Waals surface area (Å²) in [4.78, 5) is 21.9. The van der Waals surface area contributed by atoms with Crippen LogP contribution in [0.4, 0.5) is 9.59 Å². The van der Waals surface area contributed by atoms with E-state index in [0.29, 0.717) is 13.1 Å². The molecule has 0 bridgehead atoms. The zero-order valence-electron chi connectivity index (χ0n) is 11.2. The number of carbonyl (C=O) groups is 2. The van der Waals surface area contributed by atoms with E-state index in [2.05, 4.69) is 18.1 Å². The Hall–Kier alpha value is -1.11. The molecule has 0 saturated heterocycles. The number of alkyl carbamates (subject to hydrolysis) is 1. The third kappa shape index (κ3) is 10.1. The number of hydrogen-bond donors (Lipinski definition) is 3. The van der Waals surface area contributed by atoms with Crippen LogP contribution >= 0.6 is 12.8 Å². The molecular weight excluding hydrogens is 254 g/mol. The van der Waals surface area contributed by atoms with Crippen molar-refractivity contribution in [2.75, 3.05) is 13.1 Å². The van der Waals surface area contributed by atoms with E-state index in [1.165, 1.54) is 4.31 Å². The van der Waals surface area contributed by atoms with Gasteiger partial charge >= 0.3 is 12.1 Å². The minimum atomic E-state index is -0.551. The van der Waals surface area contributed by atoms with Crippen molar-refractivity contribution in [1.82, 2.24) is 9.62 Å². The van der Waals surface area contributed by atoms with Crippen molar-refractivity contribution < 1.29 is 14.3 Å². The van der Waals surface area contributed by atoms with Crippen LogP contribution in [-0.4, -0.2) is 35.1 Å². The van der Waals surface area contributed by atoms with Crippen molar-refractivity contribution in [2.45, 2.75) is 45.6 Å². The molecule has 0 fully saturated rings. The van der Waals surface area contributed by atoms with Gasteiger partial charge in [-0.15, -0.1) is 0 Å². The zero-order valence-corrected chi connectivity index (χ0v) is 12.1. The van der Waals surface area contributed by atoms with Gasteiger partial charge in [0.1, 0.15) is 5.60 Å². The van der Waals surface area contributed by atoms with Crippen LogP contribution in [0, 0.1) is 0 Å². The number of nitrogens with zero attached hydrogens (tertiary/aromatic N) is 1. The van der Waals surface area contributed by atoms with Gasteiger partial charge in [0.2, 0.25) is 0 Å². The SMILES string of the molecule is CC(C)(C)OC(=O)NCCCCCN(S)C(N)=O. The number of rotatable bonds is 6. The summed E-state index contributed by atoms with van der Waals surface area (Å²) < 4.78 is 6.25. The molecule has 0 unspecified atom stereocenters. The van der Waals surface area contributed by atoms with Crippen LogP contribution < -0.4 is 11.1 Å². The highest BCUT2D eigenvalue weighted by Gasteiger charge is 2.15. The quantitative estimate of drug-likeness (QED) is 0.512. The first-order valence-electron chi connectivity index (χ1n) is 5.95. The number of urea groups is 1. The summed E-state index contributed by atoms with van der Waals surface area (Å²) in [6.45, 7) is 6.51. The lowest BCUT2D eigenvalue weighted by molar-refractivity contribution is 0.0527. The van der Waals surface area contributed by atoms with E-state index in [9.17, 15) is 9.59 Å². The van der Waals surface area contributed by atoms with Gasteiger partial charge in [0.05, 0.1) is 0 Å². The van der Waals surface area contributed by atoms with E-state index >= 15 is 0 Å². The average Bonchev–Trinajstić information content (AvgIpc) is 2.19. The van der Waals surface area contributed by atoms with Gasteiger partial charge in [0, 0.05) is 13.1 Å². The van der Waals surface area contributed by atoms with Crippen molar-refractivity contribution >= 4 is 24.9 Å². The molecule has 0 aliphatic carbocycles. The Labute approximate surface area is 114 Å². The van der Waals surface area contributed by atoms with Crippen LogP contribution in [0.15, 0.2) is 0 Å². The van der Waals surface area contributed by atoms with Crippen molar-refractivity contribution in [1.29, 1.82) is 0 Å². The van der Waals surface area contributed by atoms with Crippen LogP contribution in [0.3, 0.4) is 0 Å². The molecule has 0 aliphatic heterocycles. The van der Waals surface area contributed by atoms with Crippen LogP contribution in [0.2, 0.25) is 0 Å². The van der Waals surface area contributed by atoms with E-state index in [1.807, 2.05) is 20.8 Å². The minimum Gasteiger partial charge on any atom is -0.444 e. The highest BCUT2D eigenvalue weighted by Crippen LogP contribution is 2.06. The average molecular weight is 277 g/mol. The molecule has 18 heavy (non-hydrogen) atoms. The number of ether oxygens (including phenoxy) is 1. The normalized spacial score (nSPS) is 10.9. The van der Waals surface area contributed by atoms with Gasteiger partial charge < -0.3 is 15.8 Å². The Morgan fingerprint density at radius 2 is 1.89 bits per heavy atom. The molecule has 0 aromatic heterocycles. The van der Waals surface area contributed by atoms with E-state index in [1.54, 1.807) is 0 Å². The summed E-state index contributed by atoms with van der Waals surface area (Å²) >= 11 is 3.90. The maximum atomic E-state index is 11.3. The number of hydrogen-bond acceptors (Lipinski definition) is 4. The maximum Gasteiger partial charge on any atom is 0.407 e. The molecule has 0 atom stereocenters.